The lowest BCUT2D eigenvalue weighted by Gasteiger charge is -2.54. The second-order valence-electron chi connectivity index (χ2n) is 6.91. The van der Waals surface area contributed by atoms with Crippen molar-refractivity contribution in [3.63, 3.8) is 0 Å². The summed E-state index contributed by atoms with van der Waals surface area (Å²) in [6, 6.07) is 0. The van der Waals surface area contributed by atoms with E-state index >= 15 is 0 Å². The van der Waals surface area contributed by atoms with E-state index in [0.29, 0.717) is 17.3 Å². The van der Waals surface area contributed by atoms with Gasteiger partial charge in [0.1, 0.15) is 0 Å². The van der Waals surface area contributed by atoms with E-state index in [1.165, 1.54) is 32.1 Å². The summed E-state index contributed by atoms with van der Waals surface area (Å²) < 4.78 is 5.10. The average Bonchev–Trinajstić information content (AvgIpc) is 2.60. The summed E-state index contributed by atoms with van der Waals surface area (Å²) in [5.41, 5.74) is 0. The van der Waals surface area contributed by atoms with E-state index in [0.717, 1.165) is 23.7 Å². The van der Waals surface area contributed by atoms with Crippen LogP contribution in [-0.2, 0) is 9.53 Å². The van der Waals surface area contributed by atoms with Crippen molar-refractivity contribution in [3.8, 4) is 0 Å². The number of carbonyl (C=O) groups excluding carboxylic acids is 2. The van der Waals surface area contributed by atoms with Crippen molar-refractivity contribution in [2.24, 2.45) is 35.4 Å². The Kier molecular flexibility index (Phi) is 2.43. The number of hydrazine groups is 1. The minimum Gasteiger partial charge on any atom is -0.435 e. The van der Waals surface area contributed by atoms with E-state index in [1.54, 1.807) is 0 Å². The molecule has 0 aromatic carbocycles. The van der Waals surface area contributed by atoms with Crippen LogP contribution >= 0.6 is 0 Å². The van der Waals surface area contributed by atoms with E-state index in [-0.39, 0.29) is 5.91 Å². The van der Waals surface area contributed by atoms with Gasteiger partial charge in [-0.25, -0.2) is 10.6 Å². The van der Waals surface area contributed by atoms with Crippen molar-refractivity contribution in [1.82, 2.24) is 5.01 Å². The summed E-state index contributed by atoms with van der Waals surface area (Å²) in [6.45, 7) is 0. The smallest absolute Gasteiger partial charge is 0.432 e. The fourth-order valence-corrected chi connectivity index (χ4v) is 5.29. The number of nitrogens with two attached hydrogens (primary N) is 1. The molecule has 2 amide bonds. The quantitative estimate of drug-likeness (QED) is 0.608. The summed E-state index contributed by atoms with van der Waals surface area (Å²) >= 11 is 0. The van der Waals surface area contributed by atoms with E-state index in [2.05, 4.69) is 0 Å². The van der Waals surface area contributed by atoms with E-state index in [4.69, 9.17) is 10.6 Å². The van der Waals surface area contributed by atoms with Crippen LogP contribution < -0.4 is 5.84 Å². The predicted octanol–water partition coefficient (Wildman–Crippen LogP) is 1.67. The van der Waals surface area contributed by atoms with E-state index < -0.39 is 12.2 Å². The van der Waals surface area contributed by atoms with Crippen molar-refractivity contribution in [2.75, 3.05) is 0 Å². The van der Waals surface area contributed by atoms with Gasteiger partial charge in [-0.3, -0.25) is 4.79 Å². The summed E-state index contributed by atoms with van der Waals surface area (Å²) in [5, 5.41) is 0.626. The Morgan fingerprint density at radius 3 is 2.11 bits per heavy atom. The Labute approximate surface area is 112 Å². The monoisotopic (exact) mass is 264 g/mol. The second-order valence-corrected chi connectivity index (χ2v) is 6.91. The number of carbonyl (C=O) groups is 2. The van der Waals surface area contributed by atoms with Gasteiger partial charge in [0.05, 0.1) is 0 Å². The van der Waals surface area contributed by atoms with Crippen molar-refractivity contribution in [2.45, 2.75) is 44.6 Å². The molecule has 0 spiro atoms. The van der Waals surface area contributed by atoms with Gasteiger partial charge in [-0.1, -0.05) is 0 Å². The fourth-order valence-electron chi connectivity index (χ4n) is 5.29. The molecule has 0 aromatic rings. The first-order valence-electron chi connectivity index (χ1n) is 7.41. The topological polar surface area (TPSA) is 72.6 Å². The lowest BCUT2D eigenvalue weighted by atomic mass is 9.51. The van der Waals surface area contributed by atoms with E-state index in [9.17, 15) is 9.59 Å². The molecule has 19 heavy (non-hydrogen) atoms. The van der Waals surface area contributed by atoms with Crippen LogP contribution in [0.3, 0.4) is 0 Å². The number of ether oxygens (including phenoxy) is 1. The van der Waals surface area contributed by atoms with Gasteiger partial charge < -0.3 is 4.74 Å². The van der Waals surface area contributed by atoms with Crippen molar-refractivity contribution in [3.05, 3.63) is 0 Å². The van der Waals surface area contributed by atoms with Crippen LogP contribution in [0.1, 0.15) is 38.5 Å². The zero-order chi connectivity index (χ0) is 13.1. The van der Waals surface area contributed by atoms with Crippen LogP contribution in [0.4, 0.5) is 4.79 Å². The van der Waals surface area contributed by atoms with Crippen LogP contribution in [-0.4, -0.2) is 23.1 Å². The van der Waals surface area contributed by atoms with Crippen LogP contribution in [0.2, 0.25) is 0 Å². The average molecular weight is 264 g/mol. The van der Waals surface area contributed by atoms with Gasteiger partial charge in [0.15, 0.2) is 6.10 Å². The number of hydrogen-bond acceptors (Lipinski definition) is 4. The largest absolute Gasteiger partial charge is 0.435 e. The first-order chi connectivity index (χ1) is 9.11. The highest BCUT2D eigenvalue weighted by Crippen LogP contribution is 2.57. The lowest BCUT2D eigenvalue weighted by Crippen LogP contribution is -2.47. The Hall–Kier alpha value is -1.10. The number of amides is 2. The fraction of sp³-hybridized carbons (Fsp3) is 0.857. The third-order valence-electron chi connectivity index (χ3n) is 5.86. The van der Waals surface area contributed by atoms with Gasteiger partial charge in [-0.05, 0) is 68.1 Å². The van der Waals surface area contributed by atoms with Gasteiger partial charge in [0.25, 0.3) is 5.91 Å². The number of cyclic esters (lactones) is 1. The van der Waals surface area contributed by atoms with Crippen LogP contribution in [0.15, 0.2) is 0 Å². The molecule has 1 aliphatic heterocycles. The standard InChI is InChI=1S/C14H20N2O3/c15-16-13(17)12(19-14(16)18)6-11-9-2-7-1-8(4-9)5-10(11)3-7/h7-12H,1-6,15H2. The molecule has 5 aliphatic rings. The molecule has 2 N–H and O–H groups in total. The van der Waals surface area contributed by atoms with Crippen LogP contribution in [0.25, 0.3) is 0 Å². The van der Waals surface area contributed by atoms with Crippen molar-refractivity contribution in [1.29, 1.82) is 0 Å². The van der Waals surface area contributed by atoms with Gasteiger partial charge in [0.2, 0.25) is 0 Å². The second kappa shape index (κ2) is 3.95. The highest BCUT2D eigenvalue weighted by Gasteiger charge is 2.50. The molecule has 1 saturated heterocycles. The maximum atomic E-state index is 11.8. The summed E-state index contributed by atoms with van der Waals surface area (Å²) in [7, 11) is 0. The molecule has 5 rings (SSSR count). The molecular formula is C14H20N2O3. The number of imide groups is 1. The molecule has 5 fully saturated rings. The molecule has 1 heterocycles. The highest BCUT2D eigenvalue weighted by atomic mass is 16.6. The van der Waals surface area contributed by atoms with Crippen LogP contribution in [0.5, 0.6) is 0 Å². The molecule has 4 bridgehead atoms. The minimum atomic E-state index is -0.696. The Balaban J connectivity index is 1.49. The van der Waals surface area contributed by atoms with Gasteiger partial charge in [-0.2, -0.15) is 5.01 Å². The Morgan fingerprint density at radius 1 is 1.05 bits per heavy atom. The lowest BCUT2D eigenvalue weighted by molar-refractivity contribution is -0.132. The summed E-state index contributed by atoms with van der Waals surface area (Å²) in [6.07, 6.45) is 6.06. The normalized spacial score (nSPS) is 47.9. The van der Waals surface area contributed by atoms with Crippen LogP contribution in [0, 0.1) is 29.6 Å². The molecule has 1 unspecified atom stereocenters. The third-order valence-corrected chi connectivity index (χ3v) is 5.86. The molecule has 5 heteroatoms. The number of hydrogen-bond donors (Lipinski definition) is 1. The summed E-state index contributed by atoms with van der Waals surface area (Å²) in [5.74, 6) is 8.90. The zero-order valence-corrected chi connectivity index (χ0v) is 11.0. The summed E-state index contributed by atoms with van der Waals surface area (Å²) in [4.78, 5) is 23.1. The van der Waals surface area contributed by atoms with Crippen molar-refractivity contribution < 1.29 is 14.3 Å². The number of nitrogens with zero attached hydrogens (tertiary/aromatic N) is 1. The first kappa shape index (κ1) is 11.7. The maximum absolute atomic E-state index is 11.8. The highest BCUT2D eigenvalue weighted by molar-refractivity contribution is 5.99. The molecule has 1 atom stereocenters. The molecule has 4 saturated carbocycles. The third kappa shape index (κ3) is 1.71. The molecule has 4 aliphatic carbocycles. The zero-order valence-electron chi connectivity index (χ0n) is 11.0. The van der Waals surface area contributed by atoms with Gasteiger partial charge in [0, 0.05) is 0 Å². The van der Waals surface area contributed by atoms with Gasteiger partial charge >= 0.3 is 6.09 Å². The van der Waals surface area contributed by atoms with E-state index in [1.807, 2.05) is 0 Å². The minimum absolute atomic E-state index is 0.362. The predicted molar refractivity (Wildman–Crippen MR) is 66.5 cm³/mol. The molecular weight excluding hydrogens is 244 g/mol. The molecule has 104 valence electrons. The first-order valence-corrected chi connectivity index (χ1v) is 7.41. The Bertz CT molecular complexity index is 408. The maximum Gasteiger partial charge on any atom is 0.432 e. The molecule has 0 radical (unpaired) electrons. The van der Waals surface area contributed by atoms with Crippen molar-refractivity contribution >= 4 is 12.0 Å². The SMILES string of the molecule is NN1C(=O)OC(CC2C3CC4CC(C3)CC2C4)C1=O. The number of rotatable bonds is 2. The Morgan fingerprint density at radius 2 is 1.63 bits per heavy atom. The molecule has 0 aromatic heterocycles. The molecule has 5 nitrogen and oxygen atoms in total. The van der Waals surface area contributed by atoms with Gasteiger partial charge in [-0.15, -0.1) is 0 Å².